The molecule has 0 aromatic heterocycles. The smallest absolute Gasteiger partial charge is 0.367 e. The SMILES string of the molecule is COC(=O)C(C#N)(CCSC(=O)OCc1ccccc1)COC(C)=O. The Bertz CT molecular complexity index is 642. The number of benzene rings is 1. The van der Waals surface area contributed by atoms with E-state index in [1.165, 1.54) is 6.92 Å². The van der Waals surface area contributed by atoms with Crippen molar-refractivity contribution in [1.29, 1.82) is 5.26 Å². The lowest BCUT2D eigenvalue weighted by molar-refractivity contribution is -0.156. The number of nitrogens with zero attached hydrogens (tertiary/aromatic N) is 1. The van der Waals surface area contributed by atoms with Gasteiger partial charge in [-0.1, -0.05) is 30.3 Å². The number of hydrogen-bond acceptors (Lipinski definition) is 8. The minimum atomic E-state index is -1.65. The third-order valence-electron chi connectivity index (χ3n) is 3.26. The van der Waals surface area contributed by atoms with Crippen LogP contribution in [0.2, 0.25) is 0 Å². The van der Waals surface area contributed by atoms with Gasteiger partial charge < -0.3 is 14.2 Å². The monoisotopic (exact) mass is 365 g/mol. The molecule has 7 nitrogen and oxygen atoms in total. The lowest BCUT2D eigenvalue weighted by atomic mass is 9.88. The van der Waals surface area contributed by atoms with E-state index in [0.717, 1.165) is 24.4 Å². The highest BCUT2D eigenvalue weighted by molar-refractivity contribution is 8.13. The molecule has 0 aliphatic carbocycles. The normalized spacial score (nSPS) is 12.4. The Kier molecular flexibility index (Phi) is 8.50. The van der Waals surface area contributed by atoms with Gasteiger partial charge in [-0.25, -0.2) is 4.79 Å². The maximum atomic E-state index is 11.9. The fraction of sp³-hybridized carbons (Fsp3) is 0.412. The van der Waals surface area contributed by atoms with Crippen LogP contribution in [-0.2, 0) is 30.4 Å². The van der Waals surface area contributed by atoms with Gasteiger partial charge >= 0.3 is 17.2 Å². The van der Waals surface area contributed by atoms with Crippen LogP contribution in [0.5, 0.6) is 0 Å². The van der Waals surface area contributed by atoms with Crippen LogP contribution in [0.15, 0.2) is 30.3 Å². The van der Waals surface area contributed by atoms with E-state index in [2.05, 4.69) is 4.74 Å². The van der Waals surface area contributed by atoms with Crippen LogP contribution < -0.4 is 0 Å². The van der Waals surface area contributed by atoms with Crippen molar-refractivity contribution in [2.75, 3.05) is 19.5 Å². The first-order chi connectivity index (χ1) is 11.9. The van der Waals surface area contributed by atoms with Gasteiger partial charge in [-0.05, 0) is 23.7 Å². The Labute approximate surface area is 150 Å². The third-order valence-corrected chi connectivity index (χ3v) is 4.02. The molecule has 8 heteroatoms. The van der Waals surface area contributed by atoms with Crippen LogP contribution in [0.4, 0.5) is 4.79 Å². The predicted molar refractivity (Wildman–Crippen MR) is 90.4 cm³/mol. The van der Waals surface area contributed by atoms with E-state index in [-0.39, 0.29) is 18.8 Å². The van der Waals surface area contributed by atoms with Crippen LogP contribution in [0.25, 0.3) is 0 Å². The number of thioether (sulfide) groups is 1. The average Bonchev–Trinajstić information content (AvgIpc) is 2.63. The number of ether oxygens (including phenoxy) is 3. The maximum absolute atomic E-state index is 11.9. The molecular weight excluding hydrogens is 346 g/mol. The molecule has 1 atom stereocenters. The highest BCUT2D eigenvalue weighted by Crippen LogP contribution is 2.27. The van der Waals surface area contributed by atoms with E-state index in [4.69, 9.17) is 9.47 Å². The van der Waals surface area contributed by atoms with Crippen LogP contribution in [-0.4, -0.2) is 36.7 Å². The van der Waals surface area contributed by atoms with Gasteiger partial charge in [0.25, 0.3) is 0 Å². The first-order valence-electron chi connectivity index (χ1n) is 7.40. The highest BCUT2D eigenvalue weighted by Gasteiger charge is 2.41. The Hall–Kier alpha value is -2.53. The second kappa shape index (κ2) is 10.4. The van der Waals surface area contributed by atoms with Crippen molar-refractivity contribution in [3.8, 4) is 6.07 Å². The number of nitriles is 1. The van der Waals surface area contributed by atoms with Crippen molar-refractivity contribution in [3.63, 3.8) is 0 Å². The largest absolute Gasteiger partial charge is 0.468 e. The number of hydrogen-bond donors (Lipinski definition) is 0. The molecule has 0 saturated heterocycles. The van der Waals surface area contributed by atoms with Crippen molar-refractivity contribution < 1.29 is 28.6 Å². The molecule has 25 heavy (non-hydrogen) atoms. The quantitative estimate of drug-likeness (QED) is 0.512. The number of methoxy groups -OCH3 is 1. The van der Waals surface area contributed by atoms with Gasteiger partial charge in [-0.3, -0.25) is 9.59 Å². The first kappa shape index (κ1) is 20.5. The lowest BCUT2D eigenvalue weighted by Gasteiger charge is -2.22. The zero-order valence-corrected chi connectivity index (χ0v) is 14.8. The Balaban J connectivity index is 2.52. The summed E-state index contributed by atoms with van der Waals surface area (Å²) in [4.78, 5) is 34.6. The van der Waals surface area contributed by atoms with Crippen molar-refractivity contribution in [3.05, 3.63) is 35.9 Å². The molecule has 0 radical (unpaired) electrons. The second-order valence-electron chi connectivity index (χ2n) is 5.09. The van der Waals surface area contributed by atoms with Gasteiger partial charge in [-0.2, -0.15) is 5.26 Å². The summed E-state index contributed by atoms with van der Waals surface area (Å²) in [7, 11) is 1.14. The maximum Gasteiger partial charge on any atom is 0.367 e. The van der Waals surface area contributed by atoms with Gasteiger partial charge in [0, 0.05) is 12.7 Å². The molecule has 0 saturated carbocycles. The summed E-state index contributed by atoms with van der Waals surface area (Å²) in [6.45, 7) is 0.890. The van der Waals surface area contributed by atoms with Gasteiger partial charge in [0.1, 0.15) is 13.2 Å². The standard InChI is InChI=1S/C17H19NO6S/c1-13(19)24-12-17(11-18,15(20)22-2)8-9-25-16(21)23-10-14-6-4-3-5-7-14/h3-7H,8-10,12H2,1-2H3. The van der Waals surface area contributed by atoms with Gasteiger partial charge in [0.05, 0.1) is 13.2 Å². The number of rotatable bonds is 8. The number of esters is 2. The molecule has 0 aliphatic rings. The first-order valence-corrected chi connectivity index (χ1v) is 8.38. The van der Waals surface area contributed by atoms with Gasteiger partial charge in [-0.15, -0.1) is 0 Å². The van der Waals surface area contributed by atoms with E-state index in [9.17, 15) is 19.6 Å². The molecule has 1 unspecified atom stereocenters. The minimum Gasteiger partial charge on any atom is -0.468 e. The molecule has 134 valence electrons. The Morgan fingerprint density at radius 1 is 1.20 bits per heavy atom. The molecule has 0 fully saturated rings. The van der Waals surface area contributed by atoms with Crippen molar-refractivity contribution in [2.45, 2.75) is 20.0 Å². The van der Waals surface area contributed by atoms with Gasteiger partial charge in [0.15, 0.2) is 5.41 Å². The summed E-state index contributed by atoms with van der Waals surface area (Å²) >= 11 is 0.840. The molecule has 0 aliphatic heterocycles. The summed E-state index contributed by atoms with van der Waals surface area (Å²) in [6.07, 6.45) is -0.0193. The predicted octanol–water partition coefficient (Wildman–Crippen LogP) is 2.69. The molecule has 0 heterocycles. The zero-order valence-electron chi connectivity index (χ0n) is 14.0. The summed E-state index contributed by atoms with van der Waals surface area (Å²) < 4.78 is 14.5. The molecule has 1 rings (SSSR count). The molecule has 1 aromatic carbocycles. The summed E-state index contributed by atoms with van der Waals surface area (Å²) in [5.41, 5.74) is -0.792. The molecular formula is C17H19NO6S. The van der Waals surface area contributed by atoms with Crippen LogP contribution >= 0.6 is 11.8 Å². The third kappa shape index (κ3) is 6.85. The second-order valence-corrected chi connectivity index (χ2v) is 6.12. The molecule has 0 bridgehead atoms. The molecule has 0 spiro atoms. The van der Waals surface area contributed by atoms with E-state index in [0.29, 0.717) is 0 Å². The minimum absolute atomic E-state index is 0.0193. The summed E-state index contributed by atoms with van der Waals surface area (Å²) in [6, 6.07) is 11.0. The average molecular weight is 365 g/mol. The van der Waals surface area contributed by atoms with Crippen molar-refractivity contribution >= 4 is 29.0 Å². The Morgan fingerprint density at radius 2 is 1.88 bits per heavy atom. The molecule has 1 aromatic rings. The summed E-state index contributed by atoms with van der Waals surface area (Å²) in [5.74, 6) is -1.29. The van der Waals surface area contributed by atoms with Crippen LogP contribution in [0, 0.1) is 16.7 Å². The fourth-order valence-electron chi connectivity index (χ4n) is 1.85. The van der Waals surface area contributed by atoms with Gasteiger partial charge in [0.2, 0.25) is 0 Å². The molecule has 0 amide bonds. The highest BCUT2D eigenvalue weighted by atomic mass is 32.2. The van der Waals surface area contributed by atoms with E-state index in [1.54, 1.807) is 0 Å². The van der Waals surface area contributed by atoms with E-state index >= 15 is 0 Å². The zero-order chi connectivity index (χ0) is 18.7. The van der Waals surface area contributed by atoms with E-state index in [1.807, 2.05) is 36.4 Å². The van der Waals surface area contributed by atoms with Crippen molar-refractivity contribution in [2.24, 2.45) is 5.41 Å². The van der Waals surface area contributed by atoms with E-state index < -0.39 is 29.3 Å². The number of carbonyl (C=O) groups excluding carboxylic acids is 3. The summed E-state index contributed by atoms with van der Waals surface area (Å²) in [5, 5.41) is 8.82. The Morgan fingerprint density at radius 3 is 2.44 bits per heavy atom. The van der Waals surface area contributed by atoms with Crippen molar-refractivity contribution in [1.82, 2.24) is 0 Å². The van der Waals surface area contributed by atoms with Crippen LogP contribution in [0.1, 0.15) is 18.9 Å². The fourth-order valence-corrected chi connectivity index (χ4v) is 2.61. The number of carbonyl (C=O) groups is 3. The molecule has 0 N–H and O–H groups in total. The van der Waals surface area contributed by atoms with Crippen LogP contribution in [0.3, 0.4) is 0 Å². The topological polar surface area (TPSA) is 103 Å². The lowest BCUT2D eigenvalue weighted by Crippen LogP contribution is -2.37.